The summed E-state index contributed by atoms with van der Waals surface area (Å²) >= 11 is 3.53. The van der Waals surface area contributed by atoms with Gasteiger partial charge >= 0.3 is 0 Å². The molecule has 3 nitrogen and oxygen atoms in total. The molecule has 0 radical (unpaired) electrons. The summed E-state index contributed by atoms with van der Waals surface area (Å²) in [5, 5.41) is 2.94. The molecule has 0 atom stereocenters. The van der Waals surface area contributed by atoms with Gasteiger partial charge in [0, 0.05) is 5.33 Å². The molecule has 0 spiro atoms. The highest BCUT2D eigenvalue weighted by molar-refractivity contribution is 9.08. The van der Waals surface area contributed by atoms with Crippen molar-refractivity contribution in [1.29, 1.82) is 0 Å². The van der Waals surface area contributed by atoms with Gasteiger partial charge in [0.05, 0.1) is 17.7 Å². The minimum atomic E-state index is -0.219. The fourth-order valence-electron chi connectivity index (χ4n) is 3.30. The quantitative estimate of drug-likeness (QED) is 0.495. The van der Waals surface area contributed by atoms with Gasteiger partial charge in [0.1, 0.15) is 0 Å². The van der Waals surface area contributed by atoms with Crippen LogP contribution in [0.15, 0.2) is 60.7 Å². The van der Waals surface area contributed by atoms with Crippen molar-refractivity contribution in [3.63, 3.8) is 0 Å². The molecule has 3 aromatic rings. The van der Waals surface area contributed by atoms with E-state index in [1.807, 2.05) is 30.3 Å². The molecule has 0 fully saturated rings. The molecule has 1 aliphatic heterocycles. The van der Waals surface area contributed by atoms with Crippen LogP contribution in [0.25, 0.3) is 10.8 Å². The van der Waals surface area contributed by atoms with Crippen molar-refractivity contribution < 1.29 is 9.59 Å². The third-order valence-corrected chi connectivity index (χ3v) is 5.03. The van der Waals surface area contributed by atoms with Gasteiger partial charge < -0.3 is 0 Å². The average Bonchev–Trinajstić information content (AvgIpc) is 2.87. The van der Waals surface area contributed by atoms with E-state index in [9.17, 15) is 9.59 Å². The molecule has 1 aliphatic rings. The Labute approximate surface area is 148 Å². The minimum absolute atomic E-state index is 0.219. The van der Waals surface area contributed by atoms with Crippen LogP contribution in [-0.2, 0) is 11.9 Å². The number of carbonyl (C=O) groups excluding carboxylic acids is 2. The first kappa shape index (κ1) is 15.1. The van der Waals surface area contributed by atoms with Gasteiger partial charge in [0.25, 0.3) is 11.8 Å². The van der Waals surface area contributed by atoms with Gasteiger partial charge in [0.15, 0.2) is 0 Å². The fraction of sp³-hybridized carbons (Fsp3) is 0.100. The maximum Gasteiger partial charge on any atom is 0.261 e. The Balaban J connectivity index is 1.79. The first-order valence-corrected chi connectivity index (χ1v) is 8.83. The minimum Gasteiger partial charge on any atom is -0.270 e. The van der Waals surface area contributed by atoms with Gasteiger partial charge in [-0.15, -0.1) is 0 Å². The van der Waals surface area contributed by atoms with E-state index < -0.39 is 0 Å². The maximum atomic E-state index is 12.6. The number of hydrogen-bond donors (Lipinski definition) is 0. The van der Waals surface area contributed by atoms with Crippen molar-refractivity contribution in [3.05, 3.63) is 82.9 Å². The summed E-state index contributed by atoms with van der Waals surface area (Å²) < 4.78 is 0. The number of fused-ring (bicyclic) bond motifs is 2. The van der Waals surface area contributed by atoms with E-state index in [0.717, 1.165) is 27.2 Å². The summed E-state index contributed by atoms with van der Waals surface area (Å²) in [6.07, 6.45) is 0. The van der Waals surface area contributed by atoms with Gasteiger partial charge in [-0.1, -0.05) is 64.5 Å². The lowest BCUT2D eigenvalue weighted by molar-refractivity contribution is 0.0643. The molecule has 1 heterocycles. The van der Waals surface area contributed by atoms with Crippen molar-refractivity contribution in [2.24, 2.45) is 0 Å². The zero-order valence-electron chi connectivity index (χ0n) is 12.8. The van der Waals surface area contributed by atoms with Gasteiger partial charge in [-0.3, -0.25) is 14.5 Å². The summed E-state index contributed by atoms with van der Waals surface area (Å²) in [7, 11) is 0. The lowest BCUT2D eigenvalue weighted by Crippen LogP contribution is -2.29. The SMILES string of the molecule is O=C1c2ccccc2C(=O)N1Cc1cccc2cccc(CBr)c12. The topological polar surface area (TPSA) is 37.4 Å². The number of rotatable bonds is 3. The molecule has 24 heavy (non-hydrogen) atoms. The number of amides is 2. The zero-order valence-corrected chi connectivity index (χ0v) is 14.4. The van der Waals surface area contributed by atoms with Gasteiger partial charge in [-0.05, 0) is 34.0 Å². The van der Waals surface area contributed by atoms with Crippen molar-refractivity contribution in [2.75, 3.05) is 0 Å². The van der Waals surface area contributed by atoms with Crippen LogP contribution in [-0.4, -0.2) is 16.7 Å². The Bertz CT molecular complexity index is 940. The maximum absolute atomic E-state index is 12.6. The summed E-state index contributed by atoms with van der Waals surface area (Å²) in [6, 6.07) is 19.1. The Morgan fingerprint density at radius 2 is 1.33 bits per heavy atom. The Morgan fingerprint density at radius 3 is 1.92 bits per heavy atom. The van der Waals surface area contributed by atoms with E-state index in [4.69, 9.17) is 0 Å². The van der Waals surface area contributed by atoms with Crippen LogP contribution in [0.2, 0.25) is 0 Å². The van der Waals surface area contributed by atoms with E-state index in [-0.39, 0.29) is 18.4 Å². The molecule has 2 amide bonds. The van der Waals surface area contributed by atoms with Crippen molar-refractivity contribution in [1.82, 2.24) is 4.90 Å². The van der Waals surface area contributed by atoms with Crippen LogP contribution >= 0.6 is 15.9 Å². The summed E-state index contributed by atoms with van der Waals surface area (Å²) in [5.41, 5.74) is 3.11. The molecule has 4 rings (SSSR count). The molecular formula is C20H14BrNO2. The van der Waals surface area contributed by atoms with Crippen LogP contribution in [0, 0.1) is 0 Å². The van der Waals surface area contributed by atoms with E-state index in [2.05, 4.69) is 22.0 Å². The van der Waals surface area contributed by atoms with Crippen LogP contribution < -0.4 is 0 Å². The monoisotopic (exact) mass is 379 g/mol. The lowest BCUT2D eigenvalue weighted by atomic mass is 9.99. The van der Waals surface area contributed by atoms with Crippen LogP contribution in [0.1, 0.15) is 31.8 Å². The van der Waals surface area contributed by atoms with Crippen LogP contribution in [0.5, 0.6) is 0 Å². The van der Waals surface area contributed by atoms with E-state index in [1.54, 1.807) is 24.3 Å². The second kappa shape index (κ2) is 5.87. The number of imide groups is 1. The average molecular weight is 380 g/mol. The third-order valence-electron chi connectivity index (χ3n) is 4.43. The highest BCUT2D eigenvalue weighted by Crippen LogP contribution is 2.29. The van der Waals surface area contributed by atoms with Crippen molar-refractivity contribution >= 4 is 38.5 Å². The molecule has 118 valence electrons. The Kier molecular flexibility index (Phi) is 3.69. The summed E-state index contributed by atoms with van der Waals surface area (Å²) in [6.45, 7) is 0.285. The van der Waals surface area contributed by atoms with Crippen molar-refractivity contribution in [3.8, 4) is 0 Å². The Hall–Kier alpha value is -2.46. The molecule has 0 bridgehead atoms. The molecule has 0 saturated carbocycles. The second-order valence-corrected chi connectivity index (χ2v) is 6.37. The molecule has 0 N–H and O–H groups in total. The molecule has 3 aromatic carbocycles. The predicted molar refractivity (Wildman–Crippen MR) is 97.2 cm³/mol. The number of halogens is 1. The van der Waals surface area contributed by atoms with E-state index in [0.29, 0.717) is 11.1 Å². The first-order chi connectivity index (χ1) is 11.7. The van der Waals surface area contributed by atoms with E-state index in [1.165, 1.54) is 4.90 Å². The van der Waals surface area contributed by atoms with Crippen molar-refractivity contribution in [2.45, 2.75) is 11.9 Å². The molecule has 4 heteroatoms. The zero-order chi connectivity index (χ0) is 16.7. The van der Waals surface area contributed by atoms with Gasteiger partial charge in [0.2, 0.25) is 0 Å². The fourth-order valence-corrected chi connectivity index (χ4v) is 3.77. The van der Waals surface area contributed by atoms with Crippen LogP contribution in [0.3, 0.4) is 0 Å². The highest BCUT2D eigenvalue weighted by Gasteiger charge is 2.35. The number of hydrogen-bond acceptors (Lipinski definition) is 2. The molecule has 0 unspecified atom stereocenters. The van der Waals surface area contributed by atoms with Crippen LogP contribution in [0.4, 0.5) is 0 Å². The van der Waals surface area contributed by atoms with E-state index >= 15 is 0 Å². The Morgan fingerprint density at radius 1 is 0.750 bits per heavy atom. The highest BCUT2D eigenvalue weighted by atomic mass is 79.9. The third kappa shape index (κ3) is 2.26. The van der Waals surface area contributed by atoms with Gasteiger partial charge in [-0.25, -0.2) is 0 Å². The second-order valence-electron chi connectivity index (χ2n) is 5.81. The number of benzene rings is 3. The number of nitrogens with zero attached hydrogens (tertiary/aromatic N) is 1. The molecule has 0 aliphatic carbocycles. The van der Waals surface area contributed by atoms with Gasteiger partial charge in [-0.2, -0.15) is 0 Å². The normalized spacial score (nSPS) is 13.6. The number of carbonyl (C=O) groups is 2. The largest absolute Gasteiger partial charge is 0.270 e. The smallest absolute Gasteiger partial charge is 0.261 e. The lowest BCUT2D eigenvalue weighted by Gasteiger charge is -2.17. The molecule has 0 saturated heterocycles. The summed E-state index contributed by atoms with van der Waals surface area (Å²) in [4.78, 5) is 26.5. The molecule has 0 aromatic heterocycles. The standard InChI is InChI=1S/C20H14BrNO2/c21-11-14-7-3-5-13-6-4-8-15(18(13)14)12-22-19(23)16-9-1-2-10-17(16)20(22)24/h1-10H,11-12H2. The predicted octanol–water partition coefficient (Wildman–Crippen LogP) is 4.53. The summed E-state index contributed by atoms with van der Waals surface area (Å²) in [5.74, 6) is -0.437. The first-order valence-electron chi connectivity index (χ1n) is 7.71. The number of alkyl halides is 1. The molecular weight excluding hydrogens is 366 g/mol.